The van der Waals surface area contributed by atoms with Gasteiger partial charge in [0.25, 0.3) is 0 Å². The second kappa shape index (κ2) is 2.97. The molecule has 1 unspecified atom stereocenters. The molecule has 1 aliphatic rings. The average Bonchev–Trinajstić information content (AvgIpc) is 1.88. The van der Waals surface area contributed by atoms with E-state index in [1.165, 1.54) is 5.57 Å². The van der Waals surface area contributed by atoms with Crippen molar-refractivity contribution in [3.8, 4) is 0 Å². The van der Waals surface area contributed by atoms with Gasteiger partial charge in [0, 0.05) is 7.11 Å². The van der Waals surface area contributed by atoms with Gasteiger partial charge in [0.2, 0.25) is 0 Å². The highest BCUT2D eigenvalue weighted by Crippen LogP contribution is 2.16. The summed E-state index contributed by atoms with van der Waals surface area (Å²) in [6, 6.07) is 0. The van der Waals surface area contributed by atoms with Crippen LogP contribution in [0.15, 0.2) is 11.6 Å². The molecular formula is C8H12O2. The molecule has 0 N–H and O–H groups in total. The van der Waals surface area contributed by atoms with Crippen LogP contribution in [0, 0.1) is 0 Å². The number of methoxy groups -OCH3 is 1. The van der Waals surface area contributed by atoms with E-state index in [0.29, 0.717) is 0 Å². The smallest absolute Gasteiger partial charge is 0.184 e. The molecule has 0 heterocycles. The Hall–Kier alpha value is -0.630. The Bertz CT molecular complexity index is 170. The standard InChI is InChI=1S/C8H12O2/c1-6-3-4-8(10-2)7(9)5-6/h5,8H,3-4H2,1-2H3. The number of hydrogen-bond donors (Lipinski definition) is 0. The Morgan fingerprint density at radius 1 is 1.70 bits per heavy atom. The largest absolute Gasteiger partial charge is 0.373 e. The zero-order valence-corrected chi connectivity index (χ0v) is 6.39. The molecule has 0 amide bonds. The molecule has 0 saturated carbocycles. The lowest BCUT2D eigenvalue weighted by Gasteiger charge is -2.16. The third-order valence-corrected chi connectivity index (χ3v) is 1.79. The first-order chi connectivity index (χ1) is 4.74. The van der Waals surface area contributed by atoms with E-state index in [2.05, 4.69) is 0 Å². The zero-order chi connectivity index (χ0) is 7.56. The molecule has 0 aromatic heterocycles. The Labute approximate surface area is 60.9 Å². The van der Waals surface area contributed by atoms with Crippen LogP contribution in [0.3, 0.4) is 0 Å². The van der Waals surface area contributed by atoms with Gasteiger partial charge in [-0.15, -0.1) is 0 Å². The summed E-state index contributed by atoms with van der Waals surface area (Å²) in [6.07, 6.45) is 3.34. The Kier molecular flexibility index (Phi) is 2.22. The number of carbonyl (C=O) groups is 1. The summed E-state index contributed by atoms with van der Waals surface area (Å²) in [5, 5.41) is 0. The van der Waals surface area contributed by atoms with Crippen molar-refractivity contribution in [1.82, 2.24) is 0 Å². The maximum atomic E-state index is 11.0. The fourth-order valence-electron chi connectivity index (χ4n) is 1.14. The van der Waals surface area contributed by atoms with Crippen molar-refractivity contribution in [1.29, 1.82) is 0 Å². The quantitative estimate of drug-likeness (QED) is 0.549. The molecule has 1 aliphatic carbocycles. The summed E-state index contributed by atoms with van der Waals surface area (Å²) in [5.41, 5.74) is 1.17. The number of carbonyl (C=O) groups excluding carboxylic acids is 1. The van der Waals surface area contributed by atoms with Crippen LogP contribution in [-0.4, -0.2) is 19.0 Å². The van der Waals surface area contributed by atoms with Gasteiger partial charge in [0.15, 0.2) is 5.78 Å². The molecule has 10 heavy (non-hydrogen) atoms. The van der Waals surface area contributed by atoms with Crippen LogP contribution in [0.2, 0.25) is 0 Å². The Morgan fingerprint density at radius 3 is 2.90 bits per heavy atom. The number of allylic oxidation sites excluding steroid dienone is 1. The van der Waals surface area contributed by atoms with E-state index in [1.54, 1.807) is 13.2 Å². The Balaban J connectivity index is 2.64. The molecule has 1 rings (SSSR count). The van der Waals surface area contributed by atoms with Gasteiger partial charge in [-0.05, 0) is 25.8 Å². The fourth-order valence-corrected chi connectivity index (χ4v) is 1.14. The summed E-state index contributed by atoms with van der Waals surface area (Å²) in [7, 11) is 1.58. The maximum absolute atomic E-state index is 11.0. The van der Waals surface area contributed by atoms with E-state index in [-0.39, 0.29) is 11.9 Å². The van der Waals surface area contributed by atoms with Gasteiger partial charge in [-0.1, -0.05) is 5.57 Å². The first-order valence-electron chi connectivity index (χ1n) is 3.48. The van der Waals surface area contributed by atoms with E-state index in [4.69, 9.17) is 4.74 Å². The third-order valence-electron chi connectivity index (χ3n) is 1.79. The van der Waals surface area contributed by atoms with Gasteiger partial charge in [0.1, 0.15) is 6.10 Å². The van der Waals surface area contributed by atoms with Gasteiger partial charge in [-0.25, -0.2) is 0 Å². The van der Waals surface area contributed by atoms with Crippen LogP contribution in [-0.2, 0) is 9.53 Å². The van der Waals surface area contributed by atoms with Gasteiger partial charge in [0.05, 0.1) is 0 Å². The normalized spacial score (nSPS) is 26.4. The molecule has 0 fully saturated rings. The molecule has 0 aliphatic heterocycles. The highest BCUT2D eigenvalue weighted by atomic mass is 16.5. The van der Waals surface area contributed by atoms with E-state index in [1.807, 2.05) is 6.92 Å². The van der Waals surface area contributed by atoms with E-state index in [0.717, 1.165) is 12.8 Å². The second-order valence-electron chi connectivity index (χ2n) is 2.66. The molecular weight excluding hydrogens is 128 g/mol. The highest BCUT2D eigenvalue weighted by molar-refractivity contribution is 5.94. The molecule has 0 aromatic rings. The molecule has 2 heteroatoms. The maximum Gasteiger partial charge on any atom is 0.184 e. The lowest BCUT2D eigenvalue weighted by Crippen LogP contribution is -2.24. The topological polar surface area (TPSA) is 26.3 Å². The number of ketones is 1. The molecule has 56 valence electrons. The summed E-state index contributed by atoms with van der Waals surface area (Å²) < 4.78 is 4.96. The predicted molar refractivity (Wildman–Crippen MR) is 38.8 cm³/mol. The molecule has 0 saturated heterocycles. The van der Waals surface area contributed by atoms with Crippen LogP contribution in [0.1, 0.15) is 19.8 Å². The number of rotatable bonds is 1. The average molecular weight is 140 g/mol. The van der Waals surface area contributed by atoms with Crippen LogP contribution in [0.25, 0.3) is 0 Å². The number of ether oxygens (including phenoxy) is 1. The minimum Gasteiger partial charge on any atom is -0.373 e. The van der Waals surface area contributed by atoms with Crippen molar-refractivity contribution in [3.05, 3.63) is 11.6 Å². The van der Waals surface area contributed by atoms with Gasteiger partial charge >= 0.3 is 0 Å². The molecule has 2 nitrogen and oxygen atoms in total. The van der Waals surface area contributed by atoms with Crippen LogP contribution in [0.4, 0.5) is 0 Å². The molecule has 0 radical (unpaired) electrons. The molecule has 0 bridgehead atoms. The summed E-state index contributed by atoms with van der Waals surface area (Å²) in [4.78, 5) is 11.0. The van der Waals surface area contributed by atoms with Gasteiger partial charge < -0.3 is 4.74 Å². The molecule has 1 atom stereocenters. The minimum atomic E-state index is -0.177. The van der Waals surface area contributed by atoms with Crippen molar-refractivity contribution in [2.24, 2.45) is 0 Å². The van der Waals surface area contributed by atoms with Crippen molar-refractivity contribution >= 4 is 5.78 Å². The predicted octanol–water partition coefficient (Wildman–Crippen LogP) is 1.31. The molecule has 0 spiro atoms. The summed E-state index contributed by atoms with van der Waals surface area (Å²) in [5.74, 6) is 0.117. The van der Waals surface area contributed by atoms with Gasteiger partial charge in [-0.2, -0.15) is 0 Å². The Morgan fingerprint density at radius 2 is 2.40 bits per heavy atom. The van der Waals surface area contributed by atoms with E-state index in [9.17, 15) is 4.79 Å². The third kappa shape index (κ3) is 1.45. The fraction of sp³-hybridized carbons (Fsp3) is 0.625. The first-order valence-corrected chi connectivity index (χ1v) is 3.48. The van der Waals surface area contributed by atoms with Crippen molar-refractivity contribution in [3.63, 3.8) is 0 Å². The monoisotopic (exact) mass is 140 g/mol. The lowest BCUT2D eigenvalue weighted by atomic mass is 9.97. The summed E-state index contributed by atoms with van der Waals surface area (Å²) >= 11 is 0. The second-order valence-corrected chi connectivity index (χ2v) is 2.66. The van der Waals surface area contributed by atoms with Crippen LogP contribution < -0.4 is 0 Å². The first kappa shape index (κ1) is 7.48. The molecule has 0 aromatic carbocycles. The lowest BCUT2D eigenvalue weighted by molar-refractivity contribution is -0.124. The van der Waals surface area contributed by atoms with Crippen molar-refractivity contribution in [2.75, 3.05) is 7.11 Å². The van der Waals surface area contributed by atoms with Crippen molar-refractivity contribution < 1.29 is 9.53 Å². The zero-order valence-electron chi connectivity index (χ0n) is 6.39. The minimum absolute atomic E-state index is 0.117. The van der Waals surface area contributed by atoms with Crippen LogP contribution in [0.5, 0.6) is 0 Å². The van der Waals surface area contributed by atoms with Crippen LogP contribution >= 0.6 is 0 Å². The summed E-state index contributed by atoms with van der Waals surface area (Å²) in [6.45, 7) is 1.98. The SMILES string of the molecule is COC1CCC(C)=CC1=O. The number of hydrogen-bond acceptors (Lipinski definition) is 2. The van der Waals surface area contributed by atoms with E-state index < -0.39 is 0 Å². The van der Waals surface area contributed by atoms with Gasteiger partial charge in [-0.3, -0.25) is 4.79 Å². The highest BCUT2D eigenvalue weighted by Gasteiger charge is 2.19. The van der Waals surface area contributed by atoms with E-state index >= 15 is 0 Å². The van der Waals surface area contributed by atoms with Crippen molar-refractivity contribution in [2.45, 2.75) is 25.9 Å².